The Morgan fingerprint density at radius 2 is 1.85 bits per heavy atom. The van der Waals surface area contributed by atoms with Gasteiger partial charge in [-0.25, -0.2) is 15.0 Å². The minimum Gasteiger partial charge on any atom is -0.463 e. The Kier molecular flexibility index (Phi) is 7.05. The lowest BCUT2D eigenvalue weighted by Gasteiger charge is -2.19. The van der Waals surface area contributed by atoms with Crippen LogP contribution in [0.3, 0.4) is 0 Å². The van der Waals surface area contributed by atoms with Crippen molar-refractivity contribution in [2.24, 2.45) is 10.8 Å². The summed E-state index contributed by atoms with van der Waals surface area (Å²) in [5, 5.41) is 5.73. The van der Waals surface area contributed by atoms with Gasteiger partial charge in [-0.1, -0.05) is 0 Å². The summed E-state index contributed by atoms with van der Waals surface area (Å²) in [6.45, 7) is 5.24. The molecule has 0 saturated carbocycles. The van der Waals surface area contributed by atoms with Crippen molar-refractivity contribution in [1.29, 1.82) is 0 Å². The van der Waals surface area contributed by atoms with Gasteiger partial charge in [0.2, 0.25) is 11.7 Å². The van der Waals surface area contributed by atoms with Crippen molar-refractivity contribution in [1.82, 2.24) is 10.7 Å². The van der Waals surface area contributed by atoms with Crippen LogP contribution >= 0.6 is 0 Å². The smallest absolute Gasteiger partial charge is 0.407 e. The molecule has 20 heavy (non-hydrogen) atoms. The molecule has 0 saturated heterocycles. The maximum atomic E-state index is 11.3. The number of alkyl carbamates (subject to hydrolysis) is 1. The van der Waals surface area contributed by atoms with Crippen LogP contribution in [0.1, 0.15) is 27.2 Å². The summed E-state index contributed by atoms with van der Waals surface area (Å²) in [5.74, 6) is -1.84. The van der Waals surface area contributed by atoms with Gasteiger partial charge in [-0.15, -0.1) is 5.10 Å². The highest BCUT2D eigenvalue weighted by Gasteiger charge is 2.15. The molecule has 9 heteroatoms. The van der Waals surface area contributed by atoms with Crippen LogP contribution in [0.2, 0.25) is 0 Å². The van der Waals surface area contributed by atoms with E-state index in [0.717, 1.165) is 7.11 Å². The largest absolute Gasteiger partial charge is 0.463 e. The maximum absolute atomic E-state index is 11.3. The van der Waals surface area contributed by atoms with Crippen LogP contribution in [0.15, 0.2) is 5.10 Å². The first kappa shape index (κ1) is 17.7. The maximum Gasteiger partial charge on any atom is 0.407 e. The average Bonchev–Trinajstić information content (AvgIpc) is 2.32. The van der Waals surface area contributed by atoms with Gasteiger partial charge in [-0.05, 0) is 20.8 Å². The van der Waals surface area contributed by atoms with Gasteiger partial charge in [0.1, 0.15) is 5.60 Å². The molecule has 0 bridgehead atoms. The van der Waals surface area contributed by atoms with Crippen molar-refractivity contribution in [2.75, 3.05) is 13.7 Å². The summed E-state index contributed by atoms with van der Waals surface area (Å²) < 4.78 is 9.26. The zero-order valence-corrected chi connectivity index (χ0v) is 12.0. The Bertz CT molecular complexity index is 400. The number of hydrogen-bond donors (Lipinski definition) is 3. The molecule has 0 aromatic heterocycles. The van der Waals surface area contributed by atoms with E-state index >= 15 is 0 Å². The van der Waals surface area contributed by atoms with E-state index in [0.29, 0.717) is 0 Å². The van der Waals surface area contributed by atoms with E-state index in [9.17, 15) is 14.4 Å². The van der Waals surface area contributed by atoms with Crippen molar-refractivity contribution < 1.29 is 23.9 Å². The number of hydrogen-bond acceptors (Lipinski definition) is 6. The van der Waals surface area contributed by atoms with E-state index < -0.39 is 29.4 Å². The van der Waals surface area contributed by atoms with Gasteiger partial charge in [0.15, 0.2) is 0 Å². The van der Waals surface area contributed by atoms with Crippen LogP contribution < -0.4 is 16.5 Å². The monoisotopic (exact) mass is 288 g/mol. The molecule has 0 aliphatic heterocycles. The topological polar surface area (TPSA) is 132 Å². The summed E-state index contributed by atoms with van der Waals surface area (Å²) in [6, 6.07) is 0. The molecule has 0 radical (unpaired) electrons. The number of ether oxygens (including phenoxy) is 2. The Balaban J connectivity index is 3.96. The Hall–Kier alpha value is -2.32. The molecule has 0 rings (SSSR count). The number of amidine groups is 1. The number of amides is 2. The van der Waals surface area contributed by atoms with Crippen molar-refractivity contribution in [3.63, 3.8) is 0 Å². The molecule has 0 atom stereocenters. The van der Waals surface area contributed by atoms with Gasteiger partial charge in [0.05, 0.1) is 7.11 Å². The highest BCUT2D eigenvalue weighted by molar-refractivity contribution is 6.34. The molecule has 0 unspecified atom stereocenters. The molecular weight excluding hydrogens is 268 g/mol. The number of rotatable bonds is 4. The lowest BCUT2D eigenvalue weighted by molar-refractivity contribution is -0.132. The molecule has 0 aliphatic rings. The van der Waals surface area contributed by atoms with Crippen molar-refractivity contribution >= 4 is 23.8 Å². The molecular formula is C11H20N4O5. The van der Waals surface area contributed by atoms with Crippen molar-refractivity contribution in [2.45, 2.75) is 32.8 Å². The second-order valence-corrected chi connectivity index (χ2v) is 4.70. The second-order valence-electron chi connectivity index (χ2n) is 4.70. The third-order valence-electron chi connectivity index (χ3n) is 1.72. The van der Waals surface area contributed by atoms with E-state index in [1.54, 1.807) is 20.8 Å². The first-order chi connectivity index (χ1) is 9.15. The van der Waals surface area contributed by atoms with Crippen molar-refractivity contribution in [3.05, 3.63) is 0 Å². The molecule has 114 valence electrons. The Morgan fingerprint density at radius 1 is 1.25 bits per heavy atom. The lowest BCUT2D eigenvalue weighted by Crippen LogP contribution is -2.35. The average molecular weight is 288 g/mol. The molecule has 0 heterocycles. The molecule has 0 fully saturated rings. The van der Waals surface area contributed by atoms with E-state index in [2.05, 4.69) is 20.6 Å². The highest BCUT2D eigenvalue weighted by atomic mass is 16.6. The quantitative estimate of drug-likeness (QED) is 0.275. The molecule has 0 spiro atoms. The zero-order valence-electron chi connectivity index (χ0n) is 12.0. The van der Waals surface area contributed by atoms with Crippen LogP contribution in [-0.4, -0.2) is 43.1 Å². The van der Waals surface area contributed by atoms with Gasteiger partial charge < -0.3 is 20.5 Å². The molecule has 0 aliphatic carbocycles. The first-order valence-electron chi connectivity index (χ1n) is 5.83. The minimum atomic E-state index is -0.850. The fourth-order valence-corrected chi connectivity index (χ4v) is 0.921. The zero-order chi connectivity index (χ0) is 15.8. The summed E-state index contributed by atoms with van der Waals surface area (Å²) in [5.41, 5.74) is 6.64. The third kappa shape index (κ3) is 8.72. The number of carbonyl (C=O) groups excluding carboxylic acids is 3. The van der Waals surface area contributed by atoms with Crippen molar-refractivity contribution in [3.8, 4) is 0 Å². The standard InChI is InChI=1S/C11H20N4O5/c1-11(2,3)20-10(18)13-6-5-7(16)14-15-8(12)9(17)19-4/h5-6H2,1-4H3,(H2,12,15)(H,13,18)(H,14,16). The molecule has 2 amide bonds. The summed E-state index contributed by atoms with van der Waals surface area (Å²) in [4.78, 5) is 33.4. The molecule has 0 aromatic rings. The van der Waals surface area contributed by atoms with Gasteiger partial charge in [0.25, 0.3) is 0 Å². The normalized spacial score (nSPS) is 11.5. The van der Waals surface area contributed by atoms with Crippen LogP contribution in [-0.2, 0) is 19.1 Å². The van der Waals surface area contributed by atoms with Gasteiger partial charge in [-0.3, -0.25) is 4.79 Å². The Morgan fingerprint density at radius 3 is 2.35 bits per heavy atom. The van der Waals surface area contributed by atoms with Gasteiger partial charge >= 0.3 is 12.1 Å². The second kappa shape index (κ2) is 7.97. The number of nitrogens with two attached hydrogens (primary N) is 1. The summed E-state index contributed by atoms with van der Waals surface area (Å²) in [7, 11) is 1.14. The highest BCUT2D eigenvalue weighted by Crippen LogP contribution is 2.06. The van der Waals surface area contributed by atoms with E-state index in [1.807, 2.05) is 0 Å². The number of hydrazone groups is 1. The fourth-order valence-electron chi connectivity index (χ4n) is 0.921. The number of nitrogens with zero attached hydrogens (tertiary/aromatic N) is 1. The third-order valence-corrected chi connectivity index (χ3v) is 1.72. The summed E-state index contributed by atoms with van der Waals surface area (Å²) >= 11 is 0. The van der Waals surface area contributed by atoms with Crippen LogP contribution in [0, 0.1) is 0 Å². The van der Waals surface area contributed by atoms with Gasteiger partial charge in [0, 0.05) is 13.0 Å². The lowest BCUT2D eigenvalue weighted by atomic mass is 10.2. The number of methoxy groups -OCH3 is 1. The Labute approximate surface area is 116 Å². The SMILES string of the molecule is COC(=O)/C(N)=N/NC(=O)CCNC(=O)OC(C)(C)C. The molecule has 4 N–H and O–H groups in total. The predicted molar refractivity (Wildman–Crippen MR) is 70.6 cm³/mol. The number of nitrogens with one attached hydrogen (secondary N) is 2. The molecule has 9 nitrogen and oxygen atoms in total. The minimum absolute atomic E-state index is 0.0444. The van der Waals surface area contributed by atoms with Crippen LogP contribution in [0.25, 0.3) is 0 Å². The summed E-state index contributed by atoms with van der Waals surface area (Å²) in [6.07, 6.45) is -0.667. The van der Waals surface area contributed by atoms with E-state index in [1.165, 1.54) is 0 Å². The predicted octanol–water partition coefficient (Wildman–Crippen LogP) is -0.537. The number of esters is 1. The molecule has 0 aromatic carbocycles. The van der Waals surface area contributed by atoms with Crippen LogP contribution in [0.5, 0.6) is 0 Å². The van der Waals surface area contributed by atoms with Crippen LogP contribution in [0.4, 0.5) is 4.79 Å². The number of carbonyl (C=O) groups is 3. The van der Waals surface area contributed by atoms with E-state index in [-0.39, 0.29) is 13.0 Å². The van der Waals surface area contributed by atoms with E-state index in [4.69, 9.17) is 10.5 Å². The van der Waals surface area contributed by atoms with Gasteiger partial charge in [-0.2, -0.15) is 0 Å². The fraction of sp³-hybridized carbons (Fsp3) is 0.636. The first-order valence-corrected chi connectivity index (χ1v) is 5.83.